The molecule has 0 amide bonds. The fourth-order valence-corrected chi connectivity index (χ4v) is 4.33. The van der Waals surface area contributed by atoms with Gasteiger partial charge in [0, 0.05) is 6.04 Å². The number of rotatable bonds is 2. The number of hydrogen-bond donors (Lipinski definition) is 0. The van der Waals surface area contributed by atoms with Gasteiger partial charge in [-0.3, -0.25) is 4.90 Å². The fourth-order valence-electron chi connectivity index (χ4n) is 4.33. The van der Waals surface area contributed by atoms with Gasteiger partial charge in [-0.25, -0.2) is 0 Å². The highest BCUT2D eigenvalue weighted by Crippen LogP contribution is 2.38. The van der Waals surface area contributed by atoms with Gasteiger partial charge in [-0.2, -0.15) is 0 Å². The Bertz CT molecular complexity index is 628. The van der Waals surface area contributed by atoms with Gasteiger partial charge < -0.3 is 0 Å². The van der Waals surface area contributed by atoms with Crippen LogP contribution in [0, 0.1) is 0 Å². The summed E-state index contributed by atoms with van der Waals surface area (Å²) in [4.78, 5) is 2.73. The van der Waals surface area contributed by atoms with E-state index in [0.29, 0.717) is 6.04 Å². The SMILES string of the molecule is c1ccc(C(=C2CCCN3CCCCC23)c2ccccc2)cc1. The molecule has 4 rings (SSSR count). The van der Waals surface area contributed by atoms with E-state index in [9.17, 15) is 0 Å². The maximum atomic E-state index is 2.73. The summed E-state index contributed by atoms with van der Waals surface area (Å²) in [6.07, 6.45) is 6.63. The van der Waals surface area contributed by atoms with E-state index >= 15 is 0 Å². The molecule has 0 spiro atoms. The quantitative estimate of drug-likeness (QED) is 0.743. The smallest absolute Gasteiger partial charge is 0.0316 e. The van der Waals surface area contributed by atoms with E-state index in [0.717, 1.165) is 0 Å². The van der Waals surface area contributed by atoms with Crippen LogP contribution in [0.1, 0.15) is 43.2 Å². The lowest BCUT2D eigenvalue weighted by Crippen LogP contribution is -2.44. The molecule has 2 heterocycles. The summed E-state index contributed by atoms with van der Waals surface area (Å²) in [5.74, 6) is 0. The zero-order valence-corrected chi connectivity index (χ0v) is 13.7. The van der Waals surface area contributed by atoms with Crippen molar-refractivity contribution in [3.05, 3.63) is 77.4 Å². The first-order chi connectivity index (χ1) is 11.4. The fraction of sp³-hybridized carbons (Fsp3) is 0.364. The highest BCUT2D eigenvalue weighted by molar-refractivity contribution is 5.82. The Morgan fingerprint density at radius 1 is 0.739 bits per heavy atom. The van der Waals surface area contributed by atoms with Crippen LogP contribution in [0.3, 0.4) is 0 Å². The maximum Gasteiger partial charge on any atom is 0.0316 e. The van der Waals surface area contributed by atoms with Crippen molar-refractivity contribution in [1.82, 2.24) is 4.90 Å². The van der Waals surface area contributed by atoms with Gasteiger partial charge in [-0.15, -0.1) is 0 Å². The van der Waals surface area contributed by atoms with Crippen molar-refractivity contribution in [2.24, 2.45) is 0 Å². The highest BCUT2D eigenvalue weighted by atomic mass is 15.2. The number of hydrogen-bond acceptors (Lipinski definition) is 1. The molecule has 23 heavy (non-hydrogen) atoms. The Morgan fingerprint density at radius 3 is 2.00 bits per heavy atom. The lowest BCUT2D eigenvalue weighted by molar-refractivity contribution is 0.148. The molecule has 0 aliphatic carbocycles. The maximum absolute atomic E-state index is 2.73. The number of fused-ring (bicyclic) bond motifs is 1. The van der Waals surface area contributed by atoms with Crippen molar-refractivity contribution in [2.75, 3.05) is 13.1 Å². The van der Waals surface area contributed by atoms with Crippen LogP contribution < -0.4 is 0 Å². The Balaban J connectivity index is 1.86. The van der Waals surface area contributed by atoms with Crippen LogP contribution in [0.4, 0.5) is 0 Å². The summed E-state index contributed by atoms with van der Waals surface area (Å²) in [5, 5.41) is 0. The van der Waals surface area contributed by atoms with Crippen molar-refractivity contribution >= 4 is 5.57 Å². The molecular weight excluding hydrogens is 278 g/mol. The predicted molar refractivity (Wildman–Crippen MR) is 97.4 cm³/mol. The standard InChI is InChI=1S/C22H25N/c1-3-10-18(11-4-1)22(19-12-5-2-6-13-19)20-14-9-17-23-16-8-7-15-21(20)23/h1-6,10-13,21H,7-9,14-17H2. The van der Waals surface area contributed by atoms with Crippen LogP contribution in [0.15, 0.2) is 66.2 Å². The van der Waals surface area contributed by atoms with Gasteiger partial charge >= 0.3 is 0 Å². The molecular formula is C22H25N. The van der Waals surface area contributed by atoms with E-state index in [2.05, 4.69) is 65.6 Å². The molecule has 1 unspecified atom stereocenters. The molecule has 0 aromatic heterocycles. The third-order valence-electron chi connectivity index (χ3n) is 5.35. The van der Waals surface area contributed by atoms with Crippen molar-refractivity contribution in [3.63, 3.8) is 0 Å². The summed E-state index contributed by atoms with van der Waals surface area (Å²) in [6, 6.07) is 22.7. The summed E-state index contributed by atoms with van der Waals surface area (Å²) >= 11 is 0. The van der Waals surface area contributed by atoms with E-state index in [1.807, 2.05) is 0 Å². The third-order valence-corrected chi connectivity index (χ3v) is 5.35. The van der Waals surface area contributed by atoms with E-state index < -0.39 is 0 Å². The monoisotopic (exact) mass is 303 g/mol. The summed E-state index contributed by atoms with van der Waals surface area (Å²) in [5.41, 5.74) is 5.92. The number of nitrogens with zero attached hydrogens (tertiary/aromatic N) is 1. The molecule has 1 atom stereocenters. The summed E-state index contributed by atoms with van der Waals surface area (Å²) in [7, 11) is 0. The van der Waals surface area contributed by atoms with Crippen molar-refractivity contribution in [3.8, 4) is 0 Å². The van der Waals surface area contributed by atoms with Gasteiger partial charge in [0.25, 0.3) is 0 Å². The molecule has 0 N–H and O–H groups in total. The van der Waals surface area contributed by atoms with Gasteiger partial charge in [-0.1, -0.05) is 67.1 Å². The molecule has 2 saturated heterocycles. The zero-order valence-electron chi connectivity index (χ0n) is 13.7. The largest absolute Gasteiger partial charge is 0.297 e. The minimum absolute atomic E-state index is 0.660. The minimum Gasteiger partial charge on any atom is -0.297 e. The Kier molecular flexibility index (Phi) is 4.30. The summed E-state index contributed by atoms with van der Waals surface area (Å²) < 4.78 is 0. The zero-order chi connectivity index (χ0) is 15.5. The van der Waals surface area contributed by atoms with Crippen LogP contribution in [0.2, 0.25) is 0 Å². The van der Waals surface area contributed by atoms with E-state index in [4.69, 9.17) is 0 Å². The molecule has 1 heteroatoms. The second-order valence-corrected chi connectivity index (χ2v) is 6.78. The number of benzene rings is 2. The Morgan fingerprint density at radius 2 is 1.35 bits per heavy atom. The van der Waals surface area contributed by atoms with E-state index in [1.54, 1.807) is 5.57 Å². The van der Waals surface area contributed by atoms with Crippen LogP contribution in [-0.4, -0.2) is 24.0 Å². The van der Waals surface area contributed by atoms with Gasteiger partial charge in [0.15, 0.2) is 0 Å². The third kappa shape index (κ3) is 2.98. The Hall–Kier alpha value is -1.86. The van der Waals surface area contributed by atoms with E-state index in [1.165, 1.54) is 61.9 Å². The van der Waals surface area contributed by atoms with Gasteiger partial charge in [0.05, 0.1) is 0 Å². The summed E-state index contributed by atoms with van der Waals surface area (Å²) in [6.45, 7) is 2.57. The second kappa shape index (κ2) is 6.72. The highest BCUT2D eigenvalue weighted by Gasteiger charge is 2.31. The van der Waals surface area contributed by atoms with Crippen LogP contribution in [0.25, 0.3) is 5.57 Å². The molecule has 2 aliphatic rings. The van der Waals surface area contributed by atoms with Crippen molar-refractivity contribution in [2.45, 2.75) is 38.1 Å². The molecule has 2 fully saturated rings. The molecule has 118 valence electrons. The number of piperidine rings is 2. The average molecular weight is 303 g/mol. The lowest BCUT2D eigenvalue weighted by atomic mass is 9.81. The van der Waals surface area contributed by atoms with Crippen LogP contribution in [0.5, 0.6) is 0 Å². The molecule has 1 nitrogen and oxygen atoms in total. The normalized spacial score (nSPS) is 21.7. The van der Waals surface area contributed by atoms with Crippen molar-refractivity contribution < 1.29 is 0 Å². The minimum atomic E-state index is 0.660. The van der Waals surface area contributed by atoms with Gasteiger partial charge in [0.1, 0.15) is 0 Å². The second-order valence-electron chi connectivity index (χ2n) is 6.78. The molecule has 0 bridgehead atoms. The first-order valence-electron chi connectivity index (χ1n) is 9.01. The van der Waals surface area contributed by atoms with Gasteiger partial charge in [0.2, 0.25) is 0 Å². The molecule has 0 saturated carbocycles. The van der Waals surface area contributed by atoms with Crippen molar-refractivity contribution in [1.29, 1.82) is 0 Å². The van der Waals surface area contributed by atoms with Gasteiger partial charge in [-0.05, 0) is 61.0 Å². The molecule has 2 aliphatic heterocycles. The Labute approximate surface area is 139 Å². The predicted octanol–water partition coefficient (Wildman–Crippen LogP) is 5.14. The molecule has 0 radical (unpaired) electrons. The lowest BCUT2D eigenvalue weighted by Gasteiger charge is -2.42. The average Bonchev–Trinajstić information content (AvgIpc) is 2.64. The van der Waals surface area contributed by atoms with E-state index in [-0.39, 0.29) is 0 Å². The molecule has 2 aromatic rings. The van der Waals surface area contributed by atoms with Crippen LogP contribution >= 0.6 is 0 Å². The topological polar surface area (TPSA) is 3.24 Å². The first kappa shape index (κ1) is 14.7. The van der Waals surface area contributed by atoms with Crippen LogP contribution in [-0.2, 0) is 0 Å². The first-order valence-corrected chi connectivity index (χ1v) is 9.01. The molecule has 2 aromatic carbocycles.